The highest BCUT2D eigenvalue weighted by Gasteiger charge is 2.22. The van der Waals surface area contributed by atoms with Gasteiger partial charge in [-0.1, -0.05) is 27.7 Å². The van der Waals surface area contributed by atoms with Crippen molar-refractivity contribution in [3.05, 3.63) is 0 Å². The van der Waals surface area contributed by atoms with Crippen LogP contribution in [-0.2, 0) is 23.9 Å². The number of carbonyl (C=O) groups excluding carboxylic acids is 3. The summed E-state index contributed by atoms with van der Waals surface area (Å²) >= 11 is 0. The molecule has 0 aromatic rings. The molecular weight excluding hydrogens is 360 g/mol. The van der Waals surface area contributed by atoms with Crippen LogP contribution in [0.3, 0.4) is 0 Å². The third-order valence-corrected chi connectivity index (χ3v) is 4.34. The molecule has 0 radical (unpaired) electrons. The van der Waals surface area contributed by atoms with E-state index in [1.54, 1.807) is 7.11 Å². The van der Waals surface area contributed by atoms with Gasteiger partial charge in [-0.2, -0.15) is 0 Å². The van der Waals surface area contributed by atoms with Crippen molar-refractivity contribution in [3.63, 3.8) is 0 Å². The molecule has 0 saturated heterocycles. The fraction of sp³-hybridized carbons (Fsp3) is 0.857. The number of ketones is 1. The Bertz CT molecular complexity index is 452. The number of hydrogen-bond acceptors (Lipinski definition) is 5. The summed E-state index contributed by atoms with van der Waals surface area (Å²) < 4.78 is 10.1. The van der Waals surface area contributed by atoms with Gasteiger partial charge in [0.2, 0.25) is 11.8 Å². The van der Waals surface area contributed by atoms with Crippen molar-refractivity contribution in [2.45, 2.75) is 72.3 Å². The smallest absolute Gasteiger partial charge is 0.222 e. The van der Waals surface area contributed by atoms with Gasteiger partial charge < -0.3 is 20.1 Å². The lowest BCUT2D eigenvalue weighted by Crippen LogP contribution is -2.42. The fourth-order valence-corrected chi connectivity index (χ4v) is 2.57. The van der Waals surface area contributed by atoms with Gasteiger partial charge in [0.15, 0.2) is 5.78 Å². The first kappa shape index (κ1) is 26.5. The molecule has 0 spiro atoms. The van der Waals surface area contributed by atoms with Crippen LogP contribution in [0.2, 0.25) is 0 Å². The van der Waals surface area contributed by atoms with Crippen LogP contribution in [0, 0.1) is 11.8 Å². The Balaban J connectivity index is 4.09. The van der Waals surface area contributed by atoms with Gasteiger partial charge in [-0.3, -0.25) is 14.4 Å². The summed E-state index contributed by atoms with van der Waals surface area (Å²) in [5, 5.41) is 5.75. The van der Waals surface area contributed by atoms with Gasteiger partial charge in [0, 0.05) is 32.4 Å². The molecule has 0 rings (SSSR count). The average molecular weight is 401 g/mol. The SMILES string of the molecule is COCCOCCC(=O)NCCCC[C@H](NC(=O)CCC(C)C)C(=O)C(C)C. The standard InChI is InChI=1S/C21H40N2O5/c1-16(2)9-10-20(25)23-18(21(26)17(3)4)8-6-7-12-22-19(24)11-13-28-15-14-27-5/h16-18H,6-15H2,1-5H3,(H,22,24)(H,23,25)/t18-/m0/s1. The van der Waals surface area contributed by atoms with Crippen LogP contribution in [0.5, 0.6) is 0 Å². The van der Waals surface area contributed by atoms with Crippen LogP contribution in [0.4, 0.5) is 0 Å². The van der Waals surface area contributed by atoms with Crippen LogP contribution in [-0.4, -0.2) is 57.1 Å². The van der Waals surface area contributed by atoms with Crippen molar-refractivity contribution in [1.29, 1.82) is 0 Å². The first-order valence-electron chi connectivity index (χ1n) is 10.4. The molecule has 0 unspecified atom stereocenters. The summed E-state index contributed by atoms with van der Waals surface area (Å²) in [7, 11) is 1.60. The van der Waals surface area contributed by atoms with Gasteiger partial charge in [-0.15, -0.1) is 0 Å². The van der Waals surface area contributed by atoms with Gasteiger partial charge in [0.05, 0.1) is 25.9 Å². The molecule has 1 atom stereocenters. The highest BCUT2D eigenvalue weighted by atomic mass is 16.5. The highest BCUT2D eigenvalue weighted by molar-refractivity contribution is 5.90. The van der Waals surface area contributed by atoms with Crippen molar-refractivity contribution < 1.29 is 23.9 Å². The summed E-state index contributed by atoms with van der Waals surface area (Å²) in [5.41, 5.74) is 0. The minimum absolute atomic E-state index is 0.0470. The number of carbonyl (C=O) groups is 3. The highest BCUT2D eigenvalue weighted by Crippen LogP contribution is 2.10. The van der Waals surface area contributed by atoms with E-state index in [0.717, 1.165) is 19.3 Å². The number of nitrogens with one attached hydrogen (secondary N) is 2. The van der Waals surface area contributed by atoms with Crippen LogP contribution in [0.1, 0.15) is 66.2 Å². The molecule has 0 bridgehead atoms. The molecule has 7 heteroatoms. The maximum atomic E-state index is 12.4. The zero-order valence-electron chi connectivity index (χ0n) is 18.3. The topological polar surface area (TPSA) is 93.7 Å². The third-order valence-electron chi connectivity index (χ3n) is 4.34. The largest absolute Gasteiger partial charge is 0.382 e. The molecular formula is C21H40N2O5. The monoisotopic (exact) mass is 400 g/mol. The van der Waals surface area contributed by atoms with E-state index >= 15 is 0 Å². The van der Waals surface area contributed by atoms with E-state index in [0.29, 0.717) is 51.5 Å². The second-order valence-corrected chi connectivity index (χ2v) is 7.81. The molecule has 7 nitrogen and oxygen atoms in total. The summed E-state index contributed by atoms with van der Waals surface area (Å²) in [6.45, 7) is 9.79. The van der Waals surface area contributed by atoms with Crippen LogP contribution in [0.15, 0.2) is 0 Å². The normalized spacial score (nSPS) is 12.2. The lowest BCUT2D eigenvalue weighted by atomic mass is 9.96. The Kier molecular flexibility index (Phi) is 15.6. The number of Topliss-reactive ketones (excluding diaryl/α,β-unsaturated/α-hetero) is 1. The maximum Gasteiger partial charge on any atom is 0.222 e. The fourth-order valence-electron chi connectivity index (χ4n) is 2.57. The molecule has 0 aliphatic carbocycles. The molecule has 0 fully saturated rings. The van der Waals surface area contributed by atoms with E-state index in [4.69, 9.17) is 9.47 Å². The van der Waals surface area contributed by atoms with Crippen LogP contribution >= 0.6 is 0 Å². The van der Waals surface area contributed by atoms with Crippen molar-refractivity contribution in [2.75, 3.05) is 33.5 Å². The number of amides is 2. The second-order valence-electron chi connectivity index (χ2n) is 7.81. The molecule has 0 aromatic carbocycles. The molecule has 0 aliphatic rings. The molecule has 164 valence electrons. The zero-order chi connectivity index (χ0) is 21.4. The zero-order valence-corrected chi connectivity index (χ0v) is 18.3. The Hall–Kier alpha value is -1.47. The molecule has 0 aliphatic heterocycles. The Morgan fingerprint density at radius 2 is 1.57 bits per heavy atom. The summed E-state index contributed by atoms with van der Waals surface area (Å²) in [6.07, 6.45) is 3.71. The number of unbranched alkanes of at least 4 members (excludes halogenated alkanes) is 1. The molecule has 0 saturated carbocycles. The van der Waals surface area contributed by atoms with Crippen LogP contribution in [0.25, 0.3) is 0 Å². The maximum absolute atomic E-state index is 12.4. The minimum Gasteiger partial charge on any atom is -0.382 e. The van der Waals surface area contributed by atoms with Crippen LogP contribution < -0.4 is 10.6 Å². The molecule has 0 heterocycles. The van der Waals surface area contributed by atoms with E-state index in [-0.39, 0.29) is 23.5 Å². The number of methoxy groups -OCH3 is 1. The van der Waals surface area contributed by atoms with Gasteiger partial charge in [0.1, 0.15) is 0 Å². The van der Waals surface area contributed by atoms with Gasteiger partial charge in [-0.25, -0.2) is 0 Å². The number of rotatable bonds is 17. The summed E-state index contributed by atoms with van der Waals surface area (Å²) in [4.78, 5) is 36.2. The van der Waals surface area contributed by atoms with Gasteiger partial charge in [0.25, 0.3) is 0 Å². The Morgan fingerprint density at radius 3 is 2.18 bits per heavy atom. The van der Waals surface area contributed by atoms with Crippen molar-refractivity contribution in [2.24, 2.45) is 11.8 Å². The number of ether oxygens (including phenoxy) is 2. The second kappa shape index (κ2) is 16.5. The summed E-state index contributed by atoms with van der Waals surface area (Å²) in [5.74, 6) is 0.297. The molecule has 0 aromatic heterocycles. The van der Waals surface area contributed by atoms with Crippen molar-refractivity contribution in [3.8, 4) is 0 Å². The van der Waals surface area contributed by atoms with E-state index < -0.39 is 6.04 Å². The number of hydrogen-bond donors (Lipinski definition) is 2. The Labute approximate surface area is 170 Å². The predicted molar refractivity (Wildman–Crippen MR) is 110 cm³/mol. The lowest BCUT2D eigenvalue weighted by Gasteiger charge is -2.20. The predicted octanol–water partition coefficient (Wildman–Crippen LogP) is 2.47. The van der Waals surface area contributed by atoms with E-state index in [1.807, 2.05) is 13.8 Å². The van der Waals surface area contributed by atoms with Gasteiger partial charge >= 0.3 is 0 Å². The first-order chi connectivity index (χ1) is 13.3. The van der Waals surface area contributed by atoms with E-state index in [9.17, 15) is 14.4 Å². The van der Waals surface area contributed by atoms with Crippen molar-refractivity contribution >= 4 is 17.6 Å². The molecule has 2 amide bonds. The van der Waals surface area contributed by atoms with E-state index in [2.05, 4.69) is 24.5 Å². The molecule has 28 heavy (non-hydrogen) atoms. The van der Waals surface area contributed by atoms with E-state index in [1.165, 1.54) is 0 Å². The lowest BCUT2D eigenvalue weighted by molar-refractivity contribution is -0.129. The average Bonchev–Trinajstić information content (AvgIpc) is 2.64. The Morgan fingerprint density at radius 1 is 0.857 bits per heavy atom. The van der Waals surface area contributed by atoms with Crippen molar-refractivity contribution in [1.82, 2.24) is 10.6 Å². The minimum atomic E-state index is -0.440. The van der Waals surface area contributed by atoms with Gasteiger partial charge in [-0.05, 0) is 31.6 Å². The summed E-state index contributed by atoms with van der Waals surface area (Å²) in [6, 6.07) is -0.440. The third kappa shape index (κ3) is 14.6. The molecule has 2 N–H and O–H groups in total. The first-order valence-corrected chi connectivity index (χ1v) is 10.4. The quantitative estimate of drug-likeness (QED) is 0.366.